The fourth-order valence-corrected chi connectivity index (χ4v) is 7.45. The zero-order chi connectivity index (χ0) is 27.1. The maximum atomic E-state index is 14.2. The molecule has 0 aliphatic carbocycles. The van der Waals surface area contributed by atoms with E-state index < -0.39 is 11.8 Å². The zero-order valence-electron chi connectivity index (χ0n) is 22.4. The zero-order valence-corrected chi connectivity index (χ0v) is 23.2. The number of thiophene rings is 1. The lowest BCUT2D eigenvalue weighted by atomic mass is 9.90. The molecule has 7 nitrogen and oxygen atoms in total. The Labute approximate surface area is 232 Å². The van der Waals surface area contributed by atoms with Crippen molar-refractivity contribution in [3.8, 4) is 0 Å². The summed E-state index contributed by atoms with van der Waals surface area (Å²) in [5, 5.41) is 13.1. The lowest BCUT2D eigenvalue weighted by Gasteiger charge is -2.51. The van der Waals surface area contributed by atoms with Crippen LogP contribution in [0.3, 0.4) is 0 Å². The SMILES string of the molecule is CC1(N2C(=O)CCc3ccc(CCN4CCN(c5cc(F)cc6sccc56)CC4)cc32)CCCCN1C(=O)O. The number of rotatable bonds is 5. The molecule has 39 heavy (non-hydrogen) atoms. The molecule has 3 aromatic rings. The van der Waals surface area contributed by atoms with E-state index in [1.165, 1.54) is 4.90 Å². The van der Waals surface area contributed by atoms with Crippen LogP contribution in [0.25, 0.3) is 10.1 Å². The van der Waals surface area contributed by atoms with Gasteiger partial charge in [0.1, 0.15) is 11.5 Å². The molecule has 9 heteroatoms. The van der Waals surface area contributed by atoms with Gasteiger partial charge >= 0.3 is 6.09 Å². The summed E-state index contributed by atoms with van der Waals surface area (Å²) in [6, 6.07) is 11.7. The van der Waals surface area contributed by atoms with E-state index in [1.807, 2.05) is 12.3 Å². The first-order chi connectivity index (χ1) is 18.8. The second-order valence-corrected chi connectivity index (χ2v) is 12.1. The molecule has 1 aromatic heterocycles. The second-order valence-electron chi connectivity index (χ2n) is 11.1. The van der Waals surface area contributed by atoms with Crippen molar-refractivity contribution in [1.29, 1.82) is 0 Å². The van der Waals surface area contributed by atoms with E-state index in [0.717, 1.165) is 84.6 Å². The summed E-state index contributed by atoms with van der Waals surface area (Å²) in [6.07, 6.45) is 3.34. The minimum atomic E-state index is -0.967. The van der Waals surface area contributed by atoms with Crippen molar-refractivity contribution in [2.75, 3.05) is 49.1 Å². The summed E-state index contributed by atoms with van der Waals surface area (Å²) in [5.74, 6) is -0.181. The summed E-state index contributed by atoms with van der Waals surface area (Å²) in [6.45, 7) is 6.77. The van der Waals surface area contributed by atoms with Gasteiger partial charge in [0.15, 0.2) is 0 Å². The van der Waals surface area contributed by atoms with Crippen molar-refractivity contribution >= 4 is 44.8 Å². The fourth-order valence-electron chi connectivity index (χ4n) is 6.62. The van der Waals surface area contributed by atoms with Crippen molar-refractivity contribution in [3.05, 3.63) is 58.7 Å². The van der Waals surface area contributed by atoms with Crippen molar-refractivity contribution in [3.63, 3.8) is 0 Å². The Kier molecular flexibility index (Phi) is 6.97. The van der Waals surface area contributed by atoms with Gasteiger partial charge in [0, 0.05) is 67.2 Å². The first-order valence-corrected chi connectivity index (χ1v) is 14.8. The average molecular weight is 551 g/mol. The summed E-state index contributed by atoms with van der Waals surface area (Å²) < 4.78 is 15.2. The molecule has 1 atom stereocenters. The van der Waals surface area contributed by atoms with Gasteiger partial charge in [-0.05, 0) is 79.8 Å². The maximum absolute atomic E-state index is 14.2. The normalized spacial score (nSPS) is 22.4. The van der Waals surface area contributed by atoms with Crippen LogP contribution < -0.4 is 9.80 Å². The van der Waals surface area contributed by atoms with Crippen LogP contribution in [-0.4, -0.2) is 71.8 Å². The molecule has 4 heterocycles. The van der Waals surface area contributed by atoms with E-state index in [-0.39, 0.29) is 11.7 Å². The number of hydrogen-bond donors (Lipinski definition) is 1. The van der Waals surface area contributed by atoms with Crippen molar-refractivity contribution in [2.45, 2.75) is 51.1 Å². The first kappa shape index (κ1) is 26.1. The molecule has 206 valence electrons. The van der Waals surface area contributed by atoms with Crippen LogP contribution in [0.2, 0.25) is 0 Å². The molecular formula is C30H35FN4O3S. The quantitative estimate of drug-likeness (QED) is 0.450. The maximum Gasteiger partial charge on any atom is 0.409 e. The van der Waals surface area contributed by atoms with Crippen LogP contribution in [0.1, 0.15) is 43.7 Å². The standard InChI is InChI=1S/C30H35FN4O3S/c1-30(10-2-3-11-34(30)29(37)38)35-25-18-21(4-5-22(25)6-7-28(35)36)8-12-32-13-15-33(16-14-32)26-19-23(31)20-27-24(26)9-17-39-27/h4-5,9,17-20H,2-3,6-8,10-16H2,1H3,(H,37,38). The third-order valence-corrected chi connectivity index (χ3v) is 9.63. The van der Waals surface area contributed by atoms with Gasteiger partial charge in [-0.2, -0.15) is 0 Å². The fraction of sp³-hybridized carbons (Fsp3) is 0.467. The molecule has 6 rings (SSSR count). The second kappa shape index (κ2) is 10.4. The Morgan fingerprint density at radius 2 is 1.85 bits per heavy atom. The van der Waals surface area contributed by atoms with Gasteiger partial charge in [-0.1, -0.05) is 12.1 Å². The number of carbonyl (C=O) groups is 2. The van der Waals surface area contributed by atoms with Crippen LogP contribution in [0.5, 0.6) is 0 Å². The predicted octanol–water partition coefficient (Wildman–Crippen LogP) is 5.56. The summed E-state index contributed by atoms with van der Waals surface area (Å²) in [5.41, 5.74) is 3.25. The highest BCUT2D eigenvalue weighted by molar-refractivity contribution is 7.17. The van der Waals surface area contributed by atoms with Gasteiger partial charge in [0.25, 0.3) is 0 Å². The van der Waals surface area contributed by atoms with Crippen LogP contribution >= 0.6 is 11.3 Å². The summed E-state index contributed by atoms with van der Waals surface area (Å²) in [4.78, 5) is 33.3. The first-order valence-electron chi connectivity index (χ1n) is 13.9. The topological polar surface area (TPSA) is 67.3 Å². The van der Waals surface area contributed by atoms with Crippen molar-refractivity contribution in [2.24, 2.45) is 0 Å². The lowest BCUT2D eigenvalue weighted by Crippen LogP contribution is -2.65. The molecule has 2 saturated heterocycles. The third kappa shape index (κ3) is 4.87. The van der Waals surface area contributed by atoms with Gasteiger partial charge in [0.05, 0.1) is 0 Å². The Morgan fingerprint density at radius 3 is 2.64 bits per heavy atom. The highest BCUT2D eigenvalue weighted by atomic mass is 32.1. The number of nitrogens with zero attached hydrogens (tertiary/aromatic N) is 4. The lowest BCUT2D eigenvalue weighted by molar-refractivity contribution is -0.121. The largest absolute Gasteiger partial charge is 0.465 e. The Bertz CT molecular complexity index is 1400. The summed E-state index contributed by atoms with van der Waals surface area (Å²) in [7, 11) is 0. The molecule has 0 spiro atoms. The van der Waals surface area contributed by atoms with Crippen LogP contribution in [0, 0.1) is 5.82 Å². The van der Waals surface area contributed by atoms with Gasteiger partial charge in [-0.25, -0.2) is 9.18 Å². The number of anilines is 2. The Balaban J connectivity index is 1.15. The molecule has 1 unspecified atom stereocenters. The molecule has 3 aliphatic rings. The van der Waals surface area contributed by atoms with E-state index in [2.05, 4.69) is 34.1 Å². The minimum Gasteiger partial charge on any atom is -0.465 e. The van der Waals surface area contributed by atoms with Gasteiger partial charge < -0.3 is 10.0 Å². The number of benzene rings is 2. The van der Waals surface area contributed by atoms with Crippen LogP contribution in [0.4, 0.5) is 20.6 Å². The monoisotopic (exact) mass is 550 g/mol. The number of hydrogen-bond acceptors (Lipinski definition) is 5. The smallest absolute Gasteiger partial charge is 0.409 e. The number of halogens is 1. The van der Waals surface area contributed by atoms with E-state index in [1.54, 1.807) is 28.4 Å². The highest BCUT2D eigenvalue weighted by Gasteiger charge is 2.47. The van der Waals surface area contributed by atoms with Crippen LogP contribution in [0.15, 0.2) is 41.8 Å². The number of carbonyl (C=O) groups excluding carboxylic acids is 1. The molecule has 2 aromatic carbocycles. The van der Waals surface area contributed by atoms with Gasteiger partial charge in [0.2, 0.25) is 5.91 Å². The van der Waals surface area contributed by atoms with Gasteiger partial charge in [-0.15, -0.1) is 11.3 Å². The average Bonchev–Trinajstić information content (AvgIpc) is 3.40. The van der Waals surface area contributed by atoms with Crippen LogP contribution in [-0.2, 0) is 17.6 Å². The van der Waals surface area contributed by atoms with Crippen molar-refractivity contribution in [1.82, 2.24) is 9.80 Å². The number of amides is 2. The predicted molar refractivity (Wildman–Crippen MR) is 153 cm³/mol. The van der Waals surface area contributed by atoms with E-state index >= 15 is 0 Å². The Morgan fingerprint density at radius 1 is 1.03 bits per heavy atom. The molecular weight excluding hydrogens is 515 g/mol. The third-order valence-electron chi connectivity index (χ3n) is 8.77. The van der Waals surface area contributed by atoms with Gasteiger partial charge in [-0.3, -0.25) is 19.5 Å². The van der Waals surface area contributed by atoms with E-state index in [9.17, 15) is 19.1 Å². The number of carboxylic acid groups (broad SMARTS) is 1. The number of piperazine rings is 1. The molecule has 3 aliphatic heterocycles. The van der Waals surface area contributed by atoms with E-state index in [0.29, 0.717) is 25.8 Å². The summed E-state index contributed by atoms with van der Waals surface area (Å²) >= 11 is 1.57. The highest BCUT2D eigenvalue weighted by Crippen LogP contribution is 2.40. The number of aryl methyl sites for hydroxylation is 1. The molecule has 0 radical (unpaired) electrons. The number of likely N-dealkylation sites (tertiary alicyclic amines) is 1. The Hall–Kier alpha value is -3.17. The number of fused-ring (bicyclic) bond motifs is 2. The molecule has 1 N–H and O–H groups in total. The molecule has 0 bridgehead atoms. The molecule has 2 fully saturated rings. The minimum absolute atomic E-state index is 0.00324. The molecule has 2 amide bonds. The van der Waals surface area contributed by atoms with E-state index in [4.69, 9.17) is 0 Å². The molecule has 0 saturated carbocycles. The number of piperidine rings is 1. The van der Waals surface area contributed by atoms with Crippen molar-refractivity contribution < 1.29 is 19.1 Å².